The van der Waals surface area contributed by atoms with Gasteiger partial charge >= 0.3 is 5.97 Å². The molecule has 29 heavy (non-hydrogen) atoms. The fourth-order valence-electron chi connectivity index (χ4n) is 3.03. The van der Waals surface area contributed by atoms with Crippen molar-refractivity contribution in [2.75, 3.05) is 7.11 Å². The van der Waals surface area contributed by atoms with Crippen LogP contribution >= 0.6 is 11.3 Å². The molecule has 2 heterocycles. The molecule has 0 unspecified atom stereocenters. The molecule has 3 rings (SSSR count). The van der Waals surface area contributed by atoms with E-state index in [9.17, 15) is 14.0 Å². The highest BCUT2D eigenvalue weighted by atomic mass is 32.1. The predicted octanol–water partition coefficient (Wildman–Crippen LogP) is 4.39. The van der Waals surface area contributed by atoms with Crippen LogP contribution in [0.4, 0.5) is 4.39 Å². The van der Waals surface area contributed by atoms with E-state index in [1.165, 1.54) is 30.6 Å². The van der Waals surface area contributed by atoms with Crippen molar-refractivity contribution in [1.29, 1.82) is 0 Å². The van der Waals surface area contributed by atoms with Crippen LogP contribution in [0.3, 0.4) is 0 Å². The van der Waals surface area contributed by atoms with Crippen LogP contribution in [0.2, 0.25) is 0 Å². The standard InChI is InChI=1S/C21H23FN2O4S/c1-5-11(2)8-15-12(3)29-20-18(15)19(25)23-17(24-20)10-28-21(26)14-7-6-13(27-4)9-16(14)22/h6-7,9,11H,5,8,10H2,1-4H3,(H,23,24,25)/t11-/m0/s1. The van der Waals surface area contributed by atoms with Gasteiger partial charge in [-0.3, -0.25) is 4.79 Å². The van der Waals surface area contributed by atoms with Crippen molar-refractivity contribution in [1.82, 2.24) is 9.97 Å². The Morgan fingerprint density at radius 2 is 2.14 bits per heavy atom. The Hall–Kier alpha value is -2.74. The number of aromatic amines is 1. The second-order valence-electron chi connectivity index (χ2n) is 6.97. The fourth-order valence-corrected chi connectivity index (χ4v) is 4.10. The van der Waals surface area contributed by atoms with Crippen LogP contribution in [0.15, 0.2) is 23.0 Å². The van der Waals surface area contributed by atoms with E-state index in [-0.39, 0.29) is 23.6 Å². The number of hydrogen-bond acceptors (Lipinski definition) is 6. The molecule has 0 aliphatic rings. The molecule has 0 amide bonds. The summed E-state index contributed by atoms with van der Waals surface area (Å²) in [6.07, 6.45) is 1.84. The summed E-state index contributed by atoms with van der Waals surface area (Å²) in [7, 11) is 1.41. The number of thiophene rings is 1. The van der Waals surface area contributed by atoms with E-state index < -0.39 is 11.8 Å². The van der Waals surface area contributed by atoms with Gasteiger partial charge in [-0.05, 0) is 37.0 Å². The monoisotopic (exact) mass is 418 g/mol. The smallest absolute Gasteiger partial charge is 0.341 e. The molecule has 0 saturated carbocycles. The molecule has 154 valence electrons. The fraction of sp³-hybridized carbons (Fsp3) is 0.381. The minimum Gasteiger partial charge on any atom is -0.497 e. The molecule has 1 aromatic carbocycles. The lowest BCUT2D eigenvalue weighted by Gasteiger charge is -2.08. The SMILES string of the molecule is CC[C@H](C)Cc1c(C)sc2nc(COC(=O)c3ccc(OC)cc3F)[nH]c(=O)c12. The first-order valence-electron chi connectivity index (χ1n) is 9.35. The summed E-state index contributed by atoms with van der Waals surface area (Å²) in [5.41, 5.74) is 0.563. The number of nitrogens with one attached hydrogen (secondary N) is 1. The number of esters is 1. The van der Waals surface area contributed by atoms with Gasteiger partial charge in [0.25, 0.3) is 5.56 Å². The van der Waals surface area contributed by atoms with Crippen LogP contribution in [0.1, 0.15) is 46.9 Å². The number of nitrogens with zero attached hydrogens (tertiary/aromatic N) is 1. The van der Waals surface area contributed by atoms with Gasteiger partial charge in [0.1, 0.15) is 28.8 Å². The van der Waals surface area contributed by atoms with E-state index in [1.54, 1.807) is 0 Å². The quantitative estimate of drug-likeness (QED) is 0.576. The number of benzene rings is 1. The number of methoxy groups -OCH3 is 1. The summed E-state index contributed by atoms with van der Waals surface area (Å²) in [6, 6.07) is 3.87. The number of halogens is 1. The molecule has 0 aliphatic carbocycles. The van der Waals surface area contributed by atoms with Crippen LogP contribution in [-0.4, -0.2) is 23.0 Å². The second-order valence-corrected chi connectivity index (χ2v) is 8.17. The van der Waals surface area contributed by atoms with Crippen molar-refractivity contribution >= 4 is 27.5 Å². The first kappa shape index (κ1) is 21.0. The summed E-state index contributed by atoms with van der Waals surface area (Å²) in [5.74, 6) is -0.591. The predicted molar refractivity (Wildman–Crippen MR) is 110 cm³/mol. The lowest BCUT2D eigenvalue weighted by Crippen LogP contribution is -2.15. The lowest BCUT2D eigenvalue weighted by molar-refractivity contribution is 0.0457. The highest BCUT2D eigenvalue weighted by Gasteiger charge is 2.18. The maximum absolute atomic E-state index is 14.0. The molecule has 0 bridgehead atoms. The van der Waals surface area contributed by atoms with Crippen molar-refractivity contribution in [3.05, 3.63) is 56.2 Å². The van der Waals surface area contributed by atoms with E-state index >= 15 is 0 Å². The Kier molecular flexibility index (Phi) is 6.32. The van der Waals surface area contributed by atoms with Crippen LogP contribution < -0.4 is 10.3 Å². The third kappa shape index (κ3) is 4.48. The van der Waals surface area contributed by atoms with E-state index in [1.807, 2.05) is 6.92 Å². The zero-order valence-corrected chi connectivity index (χ0v) is 17.6. The molecule has 0 radical (unpaired) electrons. The average Bonchev–Trinajstić information content (AvgIpc) is 3.01. The van der Waals surface area contributed by atoms with Crippen molar-refractivity contribution in [2.24, 2.45) is 5.92 Å². The summed E-state index contributed by atoms with van der Waals surface area (Å²) >= 11 is 1.45. The Labute approximate surface area is 171 Å². The van der Waals surface area contributed by atoms with Gasteiger partial charge in [-0.2, -0.15) is 0 Å². The van der Waals surface area contributed by atoms with Crippen LogP contribution in [0.5, 0.6) is 5.75 Å². The topological polar surface area (TPSA) is 81.3 Å². The zero-order chi connectivity index (χ0) is 21.1. The summed E-state index contributed by atoms with van der Waals surface area (Å²) in [5, 5.41) is 0.601. The van der Waals surface area contributed by atoms with Crippen molar-refractivity contribution in [3.8, 4) is 5.75 Å². The maximum atomic E-state index is 14.0. The van der Waals surface area contributed by atoms with Gasteiger partial charge in [0, 0.05) is 10.9 Å². The molecule has 0 fully saturated rings. The van der Waals surface area contributed by atoms with Gasteiger partial charge in [0.2, 0.25) is 0 Å². The van der Waals surface area contributed by atoms with Gasteiger partial charge in [0.15, 0.2) is 0 Å². The molecular formula is C21H23FN2O4S. The molecular weight excluding hydrogens is 395 g/mol. The van der Waals surface area contributed by atoms with Gasteiger partial charge in [-0.25, -0.2) is 14.2 Å². The molecule has 0 saturated heterocycles. The third-order valence-corrected chi connectivity index (χ3v) is 5.94. The van der Waals surface area contributed by atoms with Crippen molar-refractivity contribution in [2.45, 2.75) is 40.2 Å². The number of fused-ring (bicyclic) bond motifs is 1. The molecule has 1 N–H and O–H groups in total. The maximum Gasteiger partial charge on any atom is 0.341 e. The largest absolute Gasteiger partial charge is 0.497 e. The zero-order valence-electron chi connectivity index (χ0n) is 16.8. The number of aromatic nitrogens is 2. The minimum absolute atomic E-state index is 0.211. The molecule has 0 spiro atoms. The van der Waals surface area contributed by atoms with Crippen LogP contribution in [-0.2, 0) is 17.8 Å². The van der Waals surface area contributed by atoms with Gasteiger partial charge in [0.05, 0.1) is 18.1 Å². The van der Waals surface area contributed by atoms with Gasteiger partial charge in [-0.1, -0.05) is 20.3 Å². The van der Waals surface area contributed by atoms with Crippen LogP contribution in [0.25, 0.3) is 10.2 Å². The molecule has 3 aromatic rings. The summed E-state index contributed by atoms with van der Waals surface area (Å²) in [4.78, 5) is 33.6. The molecule has 6 nitrogen and oxygen atoms in total. The number of carbonyl (C=O) groups is 1. The molecule has 0 aliphatic heterocycles. The Bertz CT molecular complexity index is 1110. The second kappa shape index (κ2) is 8.73. The lowest BCUT2D eigenvalue weighted by atomic mass is 9.98. The minimum atomic E-state index is -0.840. The Morgan fingerprint density at radius 3 is 2.79 bits per heavy atom. The number of carbonyl (C=O) groups excluding carboxylic acids is 1. The Morgan fingerprint density at radius 1 is 1.38 bits per heavy atom. The number of ether oxygens (including phenoxy) is 2. The molecule has 2 aromatic heterocycles. The normalized spacial score (nSPS) is 12.2. The first-order chi connectivity index (χ1) is 13.8. The number of rotatable bonds is 7. The Balaban J connectivity index is 1.81. The van der Waals surface area contributed by atoms with E-state index in [0.717, 1.165) is 29.3 Å². The van der Waals surface area contributed by atoms with E-state index in [4.69, 9.17) is 9.47 Å². The third-order valence-electron chi connectivity index (χ3n) is 4.90. The van der Waals surface area contributed by atoms with Crippen molar-refractivity contribution < 1.29 is 18.7 Å². The van der Waals surface area contributed by atoms with E-state index in [2.05, 4.69) is 23.8 Å². The first-order valence-corrected chi connectivity index (χ1v) is 10.2. The highest BCUT2D eigenvalue weighted by molar-refractivity contribution is 7.18. The van der Waals surface area contributed by atoms with Crippen molar-refractivity contribution in [3.63, 3.8) is 0 Å². The number of hydrogen-bond donors (Lipinski definition) is 1. The van der Waals surface area contributed by atoms with Crippen LogP contribution in [0, 0.1) is 18.7 Å². The number of H-pyrrole nitrogens is 1. The summed E-state index contributed by atoms with van der Waals surface area (Å²) < 4.78 is 24.1. The molecule has 1 atom stereocenters. The molecule has 8 heteroatoms. The van der Waals surface area contributed by atoms with E-state index in [0.29, 0.717) is 21.9 Å². The summed E-state index contributed by atoms with van der Waals surface area (Å²) in [6.45, 7) is 5.99. The number of aryl methyl sites for hydroxylation is 1. The van der Waals surface area contributed by atoms with Gasteiger partial charge < -0.3 is 14.5 Å². The highest BCUT2D eigenvalue weighted by Crippen LogP contribution is 2.29. The van der Waals surface area contributed by atoms with Gasteiger partial charge in [-0.15, -0.1) is 11.3 Å². The average molecular weight is 418 g/mol.